The van der Waals surface area contributed by atoms with E-state index in [1.807, 2.05) is 0 Å². The molecule has 0 aromatic heterocycles. The van der Waals surface area contributed by atoms with E-state index in [1.165, 1.54) is 12.8 Å². The van der Waals surface area contributed by atoms with Gasteiger partial charge in [0.1, 0.15) is 5.78 Å². The third-order valence-electron chi connectivity index (χ3n) is 2.97. The fraction of sp³-hybridized carbons (Fsp3) is 0.917. The number of carbonyl (C=O) groups excluding carboxylic acids is 1. The summed E-state index contributed by atoms with van der Waals surface area (Å²) in [5.74, 6) is 0.706. The Bertz CT molecular complexity index is 180. The van der Waals surface area contributed by atoms with Crippen LogP contribution < -0.4 is 0 Å². The Hall–Kier alpha value is -0.410. The van der Waals surface area contributed by atoms with Crippen LogP contribution in [0.25, 0.3) is 0 Å². The first-order chi connectivity index (χ1) is 7.34. The van der Waals surface area contributed by atoms with Crippen molar-refractivity contribution in [3.05, 3.63) is 0 Å². The Kier molecular flexibility index (Phi) is 6.60. The Balaban J connectivity index is 2.10. The summed E-state index contributed by atoms with van der Waals surface area (Å²) < 4.78 is 10.3. The minimum atomic E-state index is 0.259. The Morgan fingerprint density at radius 3 is 2.87 bits per heavy atom. The molecule has 0 radical (unpaired) electrons. The summed E-state index contributed by atoms with van der Waals surface area (Å²) in [6.45, 7) is 1.97. The maximum Gasteiger partial charge on any atom is 0.136 e. The van der Waals surface area contributed by atoms with E-state index in [2.05, 4.69) is 0 Å². The maximum atomic E-state index is 11.7. The molecule has 3 heteroatoms. The predicted molar refractivity (Wildman–Crippen MR) is 58.9 cm³/mol. The fourth-order valence-electron chi connectivity index (χ4n) is 2.01. The van der Waals surface area contributed by atoms with E-state index in [0.29, 0.717) is 25.6 Å². The third kappa shape index (κ3) is 5.28. The molecule has 0 heterocycles. The minimum Gasteiger partial charge on any atom is -0.382 e. The van der Waals surface area contributed by atoms with Crippen LogP contribution >= 0.6 is 0 Å². The number of methoxy groups -OCH3 is 1. The summed E-state index contributed by atoms with van der Waals surface area (Å²) in [5, 5.41) is 0. The van der Waals surface area contributed by atoms with Crippen molar-refractivity contribution in [2.75, 3.05) is 26.9 Å². The highest BCUT2D eigenvalue weighted by Crippen LogP contribution is 2.22. The summed E-state index contributed by atoms with van der Waals surface area (Å²) in [7, 11) is 1.66. The highest BCUT2D eigenvalue weighted by atomic mass is 16.5. The van der Waals surface area contributed by atoms with Crippen LogP contribution in [0.3, 0.4) is 0 Å². The number of Topliss-reactive ketones (excluding diaryl/α,β-unsaturated/α-hetero) is 1. The van der Waals surface area contributed by atoms with Gasteiger partial charge in [0.15, 0.2) is 0 Å². The molecule has 1 saturated carbocycles. The van der Waals surface area contributed by atoms with Gasteiger partial charge in [0, 0.05) is 26.1 Å². The van der Waals surface area contributed by atoms with E-state index >= 15 is 0 Å². The molecule has 0 aromatic carbocycles. The fourth-order valence-corrected chi connectivity index (χ4v) is 2.01. The van der Waals surface area contributed by atoms with E-state index < -0.39 is 0 Å². The Morgan fingerprint density at radius 1 is 1.20 bits per heavy atom. The van der Waals surface area contributed by atoms with Gasteiger partial charge in [-0.15, -0.1) is 0 Å². The van der Waals surface area contributed by atoms with Crippen LogP contribution in [-0.4, -0.2) is 32.7 Å². The van der Waals surface area contributed by atoms with E-state index in [9.17, 15) is 4.79 Å². The second-order valence-electron chi connectivity index (χ2n) is 4.16. The van der Waals surface area contributed by atoms with Gasteiger partial charge < -0.3 is 9.47 Å². The molecule has 0 saturated heterocycles. The number of hydrogen-bond donors (Lipinski definition) is 0. The molecule has 15 heavy (non-hydrogen) atoms. The lowest BCUT2D eigenvalue weighted by Crippen LogP contribution is -2.15. The molecule has 1 aliphatic rings. The van der Waals surface area contributed by atoms with Crippen molar-refractivity contribution in [2.24, 2.45) is 5.92 Å². The highest BCUT2D eigenvalue weighted by molar-refractivity contribution is 5.81. The van der Waals surface area contributed by atoms with Gasteiger partial charge in [0.25, 0.3) is 0 Å². The summed E-state index contributed by atoms with van der Waals surface area (Å²) in [5.41, 5.74) is 0. The van der Waals surface area contributed by atoms with E-state index in [-0.39, 0.29) is 5.92 Å². The molecule has 1 fully saturated rings. The molecule has 1 rings (SSSR count). The lowest BCUT2D eigenvalue weighted by Gasteiger charge is -2.12. The second kappa shape index (κ2) is 7.83. The molecule has 0 amide bonds. The van der Waals surface area contributed by atoms with Crippen molar-refractivity contribution in [1.29, 1.82) is 0 Å². The highest BCUT2D eigenvalue weighted by Gasteiger charge is 2.19. The number of ether oxygens (including phenoxy) is 2. The first-order valence-corrected chi connectivity index (χ1v) is 5.94. The van der Waals surface area contributed by atoms with Crippen LogP contribution in [0.5, 0.6) is 0 Å². The van der Waals surface area contributed by atoms with Crippen molar-refractivity contribution in [3.63, 3.8) is 0 Å². The number of ketones is 1. The smallest absolute Gasteiger partial charge is 0.136 e. The molecule has 0 N–H and O–H groups in total. The lowest BCUT2D eigenvalue weighted by atomic mass is 9.96. The number of carbonyl (C=O) groups is 1. The molecule has 1 aliphatic carbocycles. The zero-order valence-electron chi connectivity index (χ0n) is 9.67. The van der Waals surface area contributed by atoms with Crippen molar-refractivity contribution >= 4 is 5.78 Å². The monoisotopic (exact) mass is 214 g/mol. The standard InChI is InChI=1S/C12H22O3/c1-14-9-10-15-8-7-11-5-3-2-4-6-12(11)13/h11H,2-10H2,1H3. The first kappa shape index (κ1) is 12.7. The van der Waals surface area contributed by atoms with Crippen LogP contribution in [0.1, 0.15) is 38.5 Å². The molecule has 0 bridgehead atoms. The quantitative estimate of drug-likeness (QED) is 0.502. The van der Waals surface area contributed by atoms with Crippen molar-refractivity contribution in [2.45, 2.75) is 38.5 Å². The van der Waals surface area contributed by atoms with Gasteiger partial charge in [0.2, 0.25) is 0 Å². The molecule has 88 valence electrons. The van der Waals surface area contributed by atoms with Crippen molar-refractivity contribution < 1.29 is 14.3 Å². The molecule has 1 atom stereocenters. The molecule has 0 spiro atoms. The van der Waals surface area contributed by atoms with Gasteiger partial charge >= 0.3 is 0 Å². The summed E-state index contributed by atoms with van der Waals surface area (Å²) in [6.07, 6.45) is 6.23. The van der Waals surface area contributed by atoms with Crippen LogP contribution in [0.4, 0.5) is 0 Å². The predicted octanol–water partition coefficient (Wildman–Crippen LogP) is 2.19. The average molecular weight is 214 g/mol. The van der Waals surface area contributed by atoms with Gasteiger partial charge in [-0.3, -0.25) is 4.79 Å². The van der Waals surface area contributed by atoms with Crippen LogP contribution in [-0.2, 0) is 14.3 Å². The second-order valence-corrected chi connectivity index (χ2v) is 4.16. The topological polar surface area (TPSA) is 35.5 Å². The molecule has 0 aromatic rings. The van der Waals surface area contributed by atoms with Gasteiger partial charge in [-0.2, -0.15) is 0 Å². The van der Waals surface area contributed by atoms with E-state index in [4.69, 9.17) is 9.47 Å². The lowest BCUT2D eigenvalue weighted by molar-refractivity contribution is -0.123. The SMILES string of the molecule is COCCOCCC1CCCCCC1=O. The number of rotatable bonds is 6. The van der Waals surface area contributed by atoms with Crippen LogP contribution in [0.15, 0.2) is 0 Å². The molecule has 1 unspecified atom stereocenters. The van der Waals surface area contributed by atoms with Gasteiger partial charge in [-0.25, -0.2) is 0 Å². The van der Waals surface area contributed by atoms with Gasteiger partial charge in [-0.1, -0.05) is 12.8 Å². The first-order valence-electron chi connectivity index (χ1n) is 5.94. The molecular weight excluding hydrogens is 192 g/mol. The van der Waals surface area contributed by atoms with Crippen molar-refractivity contribution in [1.82, 2.24) is 0 Å². The third-order valence-corrected chi connectivity index (χ3v) is 2.97. The Morgan fingerprint density at radius 2 is 2.07 bits per heavy atom. The largest absolute Gasteiger partial charge is 0.382 e. The van der Waals surface area contributed by atoms with E-state index in [1.54, 1.807) is 7.11 Å². The zero-order chi connectivity index (χ0) is 10.9. The molecule has 3 nitrogen and oxygen atoms in total. The Labute approximate surface area is 92.1 Å². The number of hydrogen-bond acceptors (Lipinski definition) is 3. The van der Waals surface area contributed by atoms with Crippen LogP contribution in [0, 0.1) is 5.92 Å². The van der Waals surface area contributed by atoms with Crippen LogP contribution in [0.2, 0.25) is 0 Å². The average Bonchev–Trinajstić information content (AvgIpc) is 2.44. The summed E-state index contributed by atoms with van der Waals surface area (Å²) >= 11 is 0. The zero-order valence-corrected chi connectivity index (χ0v) is 9.67. The maximum absolute atomic E-state index is 11.7. The summed E-state index contributed by atoms with van der Waals surface area (Å²) in [6, 6.07) is 0. The normalized spacial score (nSPS) is 22.7. The van der Waals surface area contributed by atoms with Gasteiger partial charge in [0.05, 0.1) is 13.2 Å². The van der Waals surface area contributed by atoms with E-state index in [0.717, 1.165) is 25.7 Å². The van der Waals surface area contributed by atoms with Gasteiger partial charge in [-0.05, 0) is 19.3 Å². The van der Waals surface area contributed by atoms with Crippen molar-refractivity contribution in [3.8, 4) is 0 Å². The minimum absolute atomic E-state index is 0.259. The summed E-state index contributed by atoms with van der Waals surface area (Å²) in [4.78, 5) is 11.7. The molecular formula is C12H22O3. The molecule has 0 aliphatic heterocycles.